The molecule has 0 bridgehead atoms. The maximum Gasteiger partial charge on any atom is 0.251 e. The van der Waals surface area contributed by atoms with E-state index in [1.54, 1.807) is 32.9 Å². The molecule has 21 heavy (non-hydrogen) atoms. The summed E-state index contributed by atoms with van der Waals surface area (Å²) < 4.78 is 26.7. The van der Waals surface area contributed by atoms with Crippen LogP contribution in [0.4, 0.5) is 8.78 Å². The standard InChI is InChI=1S/C17H17F2NO/c1-10-8-14(4-5-15(10)18)17(21)20-9-13-6-11(2)16(19)12(3)7-13/h4-8H,9H2,1-3H3,(H,20,21). The van der Waals surface area contributed by atoms with E-state index in [9.17, 15) is 13.6 Å². The van der Waals surface area contributed by atoms with E-state index in [1.165, 1.54) is 18.2 Å². The van der Waals surface area contributed by atoms with Gasteiger partial charge in [-0.25, -0.2) is 8.78 Å². The molecule has 1 amide bonds. The topological polar surface area (TPSA) is 29.1 Å². The Balaban J connectivity index is 2.09. The lowest BCUT2D eigenvalue weighted by atomic mass is 10.1. The Hall–Kier alpha value is -2.23. The van der Waals surface area contributed by atoms with E-state index in [1.807, 2.05) is 0 Å². The minimum absolute atomic E-state index is 0.223. The molecule has 0 aliphatic rings. The molecule has 0 spiro atoms. The molecule has 2 aromatic rings. The first-order chi connectivity index (χ1) is 9.88. The summed E-state index contributed by atoms with van der Waals surface area (Å²) in [5.74, 6) is -0.840. The maximum absolute atomic E-state index is 13.5. The lowest BCUT2D eigenvalue weighted by Crippen LogP contribution is -2.23. The van der Waals surface area contributed by atoms with E-state index in [0.29, 0.717) is 28.8 Å². The number of carbonyl (C=O) groups excluding carboxylic acids is 1. The molecule has 0 radical (unpaired) electrons. The van der Waals surface area contributed by atoms with Crippen LogP contribution in [0.25, 0.3) is 0 Å². The summed E-state index contributed by atoms with van der Waals surface area (Å²) >= 11 is 0. The molecule has 0 saturated heterocycles. The van der Waals surface area contributed by atoms with Crippen molar-refractivity contribution >= 4 is 5.91 Å². The van der Waals surface area contributed by atoms with E-state index >= 15 is 0 Å². The first-order valence-electron chi connectivity index (χ1n) is 6.68. The zero-order valence-electron chi connectivity index (χ0n) is 12.3. The summed E-state index contributed by atoms with van der Waals surface area (Å²) in [5.41, 5.74) is 2.77. The summed E-state index contributed by atoms with van der Waals surface area (Å²) in [6, 6.07) is 7.64. The minimum atomic E-state index is -0.337. The molecule has 0 aromatic heterocycles. The first kappa shape index (κ1) is 15.2. The molecule has 0 saturated carbocycles. The van der Waals surface area contributed by atoms with Crippen molar-refractivity contribution in [1.29, 1.82) is 0 Å². The number of amides is 1. The average Bonchev–Trinajstić information content (AvgIpc) is 2.44. The lowest BCUT2D eigenvalue weighted by Gasteiger charge is -2.09. The number of hydrogen-bond acceptors (Lipinski definition) is 1. The van der Waals surface area contributed by atoms with Crippen molar-refractivity contribution in [2.24, 2.45) is 0 Å². The monoisotopic (exact) mass is 289 g/mol. The van der Waals surface area contributed by atoms with Crippen LogP contribution in [-0.4, -0.2) is 5.91 Å². The first-order valence-corrected chi connectivity index (χ1v) is 6.68. The summed E-state index contributed by atoms with van der Waals surface area (Å²) in [4.78, 5) is 12.0. The largest absolute Gasteiger partial charge is 0.348 e. The number of benzene rings is 2. The van der Waals surface area contributed by atoms with Crippen molar-refractivity contribution < 1.29 is 13.6 Å². The van der Waals surface area contributed by atoms with Gasteiger partial charge in [-0.05, 0) is 61.2 Å². The molecule has 1 N–H and O–H groups in total. The van der Waals surface area contributed by atoms with E-state index in [2.05, 4.69) is 5.32 Å². The second-order valence-electron chi connectivity index (χ2n) is 5.19. The maximum atomic E-state index is 13.5. The molecule has 0 atom stereocenters. The molecule has 110 valence electrons. The second-order valence-corrected chi connectivity index (χ2v) is 5.19. The normalized spacial score (nSPS) is 10.5. The third-order valence-electron chi connectivity index (χ3n) is 3.37. The van der Waals surface area contributed by atoms with Gasteiger partial charge < -0.3 is 5.32 Å². The van der Waals surface area contributed by atoms with Gasteiger partial charge >= 0.3 is 0 Å². The van der Waals surface area contributed by atoms with E-state index in [0.717, 1.165) is 5.56 Å². The summed E-state index contributed by atoms with van der Waals surface area (Å²) in [7, 11) is 0. The van der Waals surface area contributed by atoms with Gasteiger partial charge in [0.2, 0.25) is 0 Å². The Morgan fingerprint density at radius 2 is 1.62 bits per heavy atom. The molecule has 4 heteroatoms. The van der Waals surface area contributed by atoms with Crippen LogP contribution in [0.3, 0.4) is 0 Å². The van der Waals surface area contributed by atoms with Gasteiger partial charge in [0.05, 0.1) is 0 Å². The molecular formula is C17H17F2NO. The fraction of sp³-hybridized carbons (Fsp3) is 0.235. The minimum Gasteiger partial charge on any atom is -0.348 e. The van der Waals surface area contributed by atoms with Gasteiger partial charge in [0.25, 0.3) is 5.91 Å². The number of rotatable bonds is 3. The van der Waals surface area contributed by atoms with Gasteiger partial charge in [-0.2, -0.15) is 0 Å². The number of carbonyl (C=O) groups is 1. The van der Waals surface area contributed by atoms with Crippen LogP contribution < -0.4 is 5.32 Å². The molecule has 0 aliphatic heterocycles. The van der Waals surface area contributed by atoms with Crippen molar-refractivity contribution in [2.75, 3.05) is 0 Å². The molecule has 0 heterocycles. The lowest BCUT2D eigenvalue weighted by molar-refractivity contribution is 0.0950. The quantitative estimate of drug-likeness (QED) is 0.914. The van der Waals surface area contributed by atoms with Gasteiger partial charge in [0, 0.05) is 12.1 Å². The van der Waals surface area contributed by atoms with Gasteiger partial charge in [0.15, 0.2) is 0 Å². The highest BCUT2D eigenvalue weighted by molar-refractivity contribution is 5.94. The smallest absolute Gasteiger partial charge is 0.251 e. The van der Waals surface area contributed by atoms with Crippen molar-refractivity contribution in [2.45, 2.75) is 27.3 Å². The molecule has 2 nitrogen and oxygen atoms in total. The third-order valence-corrected chi connectivity index (χ3v) is 3.37. The van der Waals surface area contributed by atoms with Gasteiger partial charge in [-0.15, -0.1) is 0 Å². The van der Waals surface area contributed by atoms with Crippen LogP contribution in [0.15, 0.2) is 30.3 Å². The SMILES string of the molecule is Cc1cc(C(=O)NCc2cc(C)c(F)c(C)c2)ccc1F. The third kappa shape index (κ3) is 3.45. The van der Waals surface area contributed by atoms with Gasteiger partial charge in [-0.3, -0.25) is 4.79 Å². The summed E-state index contributed by atoms with van der Waals surface area (Å²) in [5, 5.41) is 2.75. The predicted molar refractivity (Wildman–Crippen MR) is 78.2 cm³/mol. The van der Waals surface area contributed by atoms with Crippen LogP contribution in [0.1, 0.15) is 32.6 Å². The van der Waals surface area contributed by atoms with E-state index in [-0.39, 0.29) is 17.5 Å². The van der Waals surface area contributed by atoms with Crippen molar-refractivity contribution in [3.05, 3.63) is 69.8 Å². The van der Waals surface area contributed by atoms with Gasteiger partial charge in [0.1, 0.15) is 11.6 Å². The van der Waals surface area contributed by atoms with Crippen LogP contribution >= 0.6 is 0 Å². The Labute approximate surface area is 122 Å². The van der Waals surface area contributed by atoms with Crippen LogP contribution in [0.5, 0.6) is 0 Å². The highest BCUT2D eigenvalue weighted by Gasteiger charge is 2.09. The highest BCUT2D eigenvalue weighted by atomic mass is 19.1. The highest BCUT2D eigenvalue weighted by Crippen LogP contribution is 2.15. The zero-order valence-corrected chi connectivity index (χ0v) is 12.3. The number of aryl methyl sites for hydroxylation is 3. The van der Waals surface area contributed by atoms with Crippen molar-refractivity contribution in [3.8, 4) is 0 Å². The van der Waals surface area contributed by atoms with Crippen LogP contribution in [0.2, 0.25) is 0 Å². The second kappa shape index (κ2) is 6.04. The van der Waals surface area contributed by atoms with E-state index in [4.69, 9.17) is 0 Å². The van der Waals surface area contributed by atoms with E-state index < -0.39 is 0 Å². The number of halogens is 2. The predicted octanol–water partition coefficient (Wildman–Crippen LogP) is 3.82. The Kier molecular flexibility index (Phi) is 4.36. The molecule has 2 rings (SSSR count). The molecular weight excluding hydrogens is 272 g/mol. The molecule has 0 aliphatic carbocycles. The molecule has 0 fully saturated rings. The fourth-order valence-electron chi connectivity index (χ4n) is 2.21. The van der Waals surface area contributed by atoms with Crippen LogP contribution in [-0.2, 0) is 6.54 Å². The zero-order chi connectivity index (χ0) is 15.6. The number of nitrogens with one attached hydrogen (secondary N) is 1. The van der Waals surface area contributed by atoms with Gasteiger partial charge in [-0.1, -0.05) is 12.1 Å². The Morgan fingerprint density at radius 3 is 2.19 bits per heavy atom. The van der Waals surface area contributed by atoms with Crippen molar-refractivity contribution in [3.63, 3.8) is 0 Å². The molecule has 0 unspecified atom stereocenters. The molecule has 2 aromatic carbocycles. The summed E-state index contributed by atoms with van der Waals surface area (Å²) in [6.45, 7) is 5.30. The summed E-state index contributed by atoms with van der Waals surface area (Å²) in [6.07, 6.45) is 0. The Bertz CT molecular complexity index is 672. The number of hydrogen-bond donors (Lipinski definition) is 1. The van der Waals surface area contributed by atoms with Crippen LogP contribution in [0, 0.1) is 32.4 Å². The van der Waals surface area contributed by atoms with Crippen molar-refractivity contribution in [1.82, 2.24) is 5.32 Å². The average molecular weight is 289 g/mol. The fourth-order valence-corrected chi connectivity index (χ4v) is 2.21. The Morgan fingerprint density at radius 1 is 1.00 bits per heavy atom.